The van der Waals surface area contributed by atoms with Crippen molar-refractivity contribution in [3.63, 3.8) is 0 Å². The van der Waals surface area contributed by atoms with Gasteiger partial charge in [-0.1, -0.05) is 56.7 Å². The molecule has 0 radical (unpaired) electrons. The molecule has 30 heavy (non-hydrogen) atoms. The van der Waals surface area contributed by atoms with Crippen LogP contribution in [0.15, 0.2) is 9.66 Å². The first-order chi connectivity index (χ1) is 13.8. The first-order valence-electron chi connectivity index (χ1n) is 10.9. The van der Waals surface area contributed by atoms with Crippen molar-refractivity contribution in [3.05, 3.63) is 9.66 Å². The van der Waals surface area contributed by atoms with Crippen molar-refractivity contribution in [1.29, 1.82) is 0 Å². The Morgan fingerprint density at radius 2 is 1.83 bits per heavy atom. The monoisotopic (exact) mass is 536 g/mol. The molecule has 2 N–H and O–H groups in total. The molecule has 2 heterocycles. The molecule has 0 aromatic rings. The van der Waals surface area contributed by atoms with Gasteiger partial charge in [0.25, 0.3) is 0 Å². The van der Waals surface area contributed by atoms with Gasteiger partial charge in [-0.2, -0.15) is 0 Å². The Balaban J connectivity index is 2.26. The largest absolute Gasteiger partial charge is 0.458 e. The quantitative estimate of drug-likeness (QED) is 0.300. The lowest BCUT2D eigenvalue weighted by Crippen LogP contribution is -2.45. The highest BCUT2D eigenvalue weighted by atomic mass is 127. The number of Topliss-reactive ketones (excluding diaryl/α,β-unsaturated/α-hetero) is 1. The molecule has 2 rings (SSSR count). The number of aliphatic hydroxyl groups is 2. The van der Waals surface area contributed by atoms with Crippen LogP contribution in [0.1, 0.15) is 73.6 Å². The van der Waals surface area contributed by atoms with Gasteiger partial charge in [-0.25, -0.2) is 0 Å². The van der Waals surface area contributed by atoms with Gasteiger partial charge in [0.2, 0.25) is 0 Å². The molecule has 2 aliphatic heterocycles. The zero-order valence-corrected chi connectivity index (χ0v) is 21.1. The fourth-order valence-corrected chi connectivity index (χ4v) is 4.77. The molecular formula is C23H37IO6. The average molecular weight is 536 g/mol. The van der Waals surface area contributed by atoms with Crippen LogP contribution in [0.5, 0.6) is 0 Å². The van der Waals surface area contributed by atoms with Gasteiger partial charge < -0.3 is 19.7 Å². The van der Waals surface area contributed by atoms with Gasteiger partial charge in [0.15, 0.2) is 0 Å². The van der Waals surface area contributed by atoms with E-state index in [0.717, 1.165) is 24.8 Å². The third-order valence-electron chi connectivity index (χ3n) is 7.09. The molecule has 0 spiro atoms. The van der Waals surface area contributed by atoms with Crippen LogP contribution < -0.4 is 0 Å². The zero-order chi connectivity index (χ0) is 22.9. The molecule has 0 bridgehead atoms. The van der Waals surface area contributed by atoms with Crippen molar-refractivity contribution >= 4 is 34.3 Å². The Labute approximate surface area is 193 Å². The van der Waals surface area contributed by atoms with E-state index in [4.69, 9.17) is 9.47 Å². The van der Waals surface area contributed by atoms with Gasteiger partial charge in [-0.05, 0) is 42.3 Å². The number of fused-ring (bicyclic) bond motifs is 1. The minimum absolute atomic E-state index is 0.0107. The number of aliphatic hydroxyl groups excluding tert-OH is 2. The minimum atomic E-state index is -1.19. The number of cyclic esters (lactones) is 1. The Kier molecular flexibility index (Phi) is 8.55. The fraction of sp³-hybridized carbons (Fsp3) is 0.826. The molecule has 7 heteroatoms. The maximum Gasteiger partial charge on any atom is 0.309 e. The van der Waals surface area contributed by atoms with Crippen molar-refractivity contribution in [2.24, 2.45) is 17.3 Å². The lowest BCUT2D eigenvalue weighted by molar-refractivity contribution is -0.154. The van der Waals surface area contributed by atoms with E-state index < -0.39 is 35.6 Å². The van der Waals surface area contributed by atoms with E-state index in [2.05, 4.69) is 29.5 Å². The van der Waals surface area contributed by atoms with Crippen LogP contribution in [0.4, 0.5) is 0 Å². The average Bonchev–Trinajstić information content (AvgIpc) is 3.32. The molecule has 172 valence electrons. The smallest absolute Gasteiger partial charge is 0.309 e. The molecule has 2 saturated heterocycles. The molecule has 7 atom stereocenters. The summed E-state index contributed by atoms with van der Waals surface area (Å²) in [6.07, 6.45) is 0.427. The van der Waals surface area contributed by atoms with Gasteiger partial charge in [-0.15, -0.1) is 0 Å². The Hall–Kier alpha value is -0.510. The van der Waals surface area contributed by atoms with Crippen molar-refractivity contribution in [3.8, 4) is 0 Å². The van der Waals surface area contributed by atoms with Crippen LogP contribution in [0.25, 0.3) is 0 Å². The maximum absolute atomic E-state index is 13.1. The first kappa shape index (κ1) is 25.7. The van der Waals surface area contributed by atoms with Gasteiger partial charge in [-0.3, -0.25) is 9.59 Å². The normalized spacial score (nSPS) is 41.7. The van der Waals surface area contributed by atoms with Crippen LogP contribution >= 0.6 is 22.6 Å². The van der Waals surface area contributed by atoms with Gasteiger partial charge in [0.1, 0.15) is 11.9 Å². The number of carbonyl (C=O) groups is 2. The Morgan fingerprint density at radius 1 is 1.20 bits per heavy atom. The Bertz CT molecular complexity index is 675. The second-order valence-electron chi connectivity index (χ2n) is 9.94. The molecule has 2 fully saturated rings. The second kappa shape index (κ2) is 9.96. The van der Waals surface area contributed by atoms with Crippen molar-refractivity contribution < 1.29 is 29.3 Å². The van der Waals surface area contributed by atoms with Crippen LogP contribution in [0.2, 0.25) is 0 Å². The fourth-order valence-electron chi connectivity index (χ4n) is 4.36. The lowest BCUT2D eigenvalue weighted by Gasteiger charge is -2.34. The highest BCUT2D eigenvalue weighted by molar-refractivity contribution is 14.1. The third-order valence-corrected chi connectivity index (χ3v) is 8.07. The molecule has 0 saturated carbocycles. The number of halogens is 1. The van der Waals surface area contributed by atoms with Crippen LogP contribution in [0.3, 0.4) is 0 Å². The van der Waals surface area contributed by atoms with Crippen LogP contribution in [0, 0.1) is 17.3 Å². The van der Waals surface area contributed by atoms with E-state index in [9.17, 15) is 19.8 Å². The standard InChI is InChI=1S/C23H37IO6/c1-13-8-7-9-23(6)18(30-23)10-16(14(2)12-24)29-19(26)11-17(25)22(4,5)21(28)15(3)20(13)27/h12-13,15-18,20,25,27H,7-11H2,1-6H3/b14-12+/t13?,15-,16+,17+,18+,20?,23-/m1/s1. The maximum atomic E-state index is 13.1. The predicted molar refractivity (Wildman–Crippen MR) is 123 cm³/mol. The summed E-state index contributed by atoms with van der Waals surface area (Å²) in [5.74, 6) is -1.47. The molecule has 2 unspecified atom stereocenters. The SMILES string of the molecule is C/C(=C\I)[C@@H]1C[C@@H]2O[C@]2(C)CCCC(C)C(O)[C@@H](C)C(=O)C(C)(C)[C@@H](O)CC(=O)O1. The summed E-state index contributed by atoms with van der Waals surface area (Å²) in [6, 6.07) is 0. The summed E-state index contributed by atoms with van der Waals surface area (Å²) in [6.45, 7) is 10.9. The summed E-state index contributed by atoms with van der Waals surface area (Å²) < 4.78 is 13.5. The Morgan fingerprint density at radius 3 is 2.43 bits per heavy atom. The molecule has 0 aliphatic carbocycles. The molecular weight excluding hydrogens is 499 g/mol. The molecule has 0 aromatic carbocycles. The summed E-state index contributed by atoms with van der Waals surface area (Å²) in [4.78, 5) is 25.7. The number of carbonyl (C=O) groups excluding carboxylic acids is 2. The van der Waals surface area contributed by atoms with Gasteiger partial charge in [0.05, 0.1) is 35.7 Å². The van der Waals surface area contributed by atoms with E-state index in [0.29, 0.717) is 6.42 Å². The highest BCUT2D eigenvalue weighted by Gasteiger charge is 2.53. The first-order valence-corrected chi connectivity index (χ1v) is 12.1. The highest BCUT2D eigenvalue weighted by Crippen LogP contribution is 2.45. The summed E-state index contributed by atoms with van der Waals surface area (Å²) in [7, 11) is 0. The number of hydrogen-bond acceptors (Lipinski definition) is 6. The van der Waals surface area contributed by atoms with Crippen LogP contribution in [-0.2, 0) is 19.1 Å². The van der Waals surface area contributed by atoms with E-state index >= 15 is 0 Å². The van der Waals surface area contributed by atoms with E-state index in [1.807, 2.05) is 17.9 Å². The molecule has 2 aliphatic rings. The third kappa shape index (κ3) is 5.84. The molecule has 0 amide bonds. The minimum Gasteiger partial charge on any atom is -0.458 e. The van der Waals surface area contributed by atoms with E-state index in [-0.39, 0.29) is 29.8 Å². The zero-order valence-electron chi connectivity index (χ0n) is 19.0. The summed E-state index contributed by atoms with van der Waals surface area (Å²) in [5.41, 5.74) is -0.489. The summed E-state index contributed by atoms with van der Waals surface area (Å²) >= 11 is 2.13. The van der Waals surface area contributed by atoms with Crippen molar-refractivity contribution in [1.82, 2.24) is 0 Å². The van der Waals surface area contributed by atoms with Crippen molar-refractivity contribution in [2.45, 2.75) is 104 Å². The predicted octanol–water partition coefficient (Wildman–Crippen LogP) is 3.95. The van der Waals surface area contributed by atoms with E-state index in [1.165, 1.54) is 0 Å². The van der Waals surface area contributed by atoms with Crippen LogP contribution in [-0.4, -0.2) is 52.0 Å². The molecule has 0 aromatic heterocycles. The number of hydrogen-bond donors (Lipinski definition) is 2. The number of rotatable bonds is 1. The number of esters is 1. The second-order valence-corrected chi connectivity index (χ2v) is 10.6. The molecule has 6 nitrogen and oxygen atoms in total. The summed E-state index contributed by atoms with van der Waals surface area (Å²) in [5, 5.41) is 21.4. The number of epoxide rings is 1. The number of ether oxygens (including phenoxy) is 2. The van der Waals surface area contributed by atoms with E-state index in [1.54, 1.807) is 20.8 Å². The topological polar surface area (TPSA) is 96.4 Å². The lowest BCUT2D eigenvalue weighted by atomic mass is 9.73. The van der Waals surface area contributed by atoms with Gasteiger partial charge >= 0.3 is 5.97 Å². The number of ketones is 1. The van der Waals surface area contributed by atoms with Gasteiger partial charge in [0, 0.05) is 12.3 Å². The van der Waals surface area contributed by atoms with Crippen molar-refractivity contribution in [2.75, 3.05) is 0 Å².